The number of nitrogens with one attached hydrogen (secondary N) is 1. The number of nitrogens with two attached hydrogens (primary N) is 1. The van der Waals surface area contributed by atoms with Crippen LogP contribution in [-0.4, -0.2) is 129 Å². The highest BCUT2D eigenvalue weighted by molar-refractivity contribution is 7.13. The minimum atomic E-state index is -0.835. The van der Waals surface area contributed by atoms with Gasteiger partial charge in [0.25, 0.3) is 5.88 Å². The van der Waals surface area contributed by atoms with E-state index < -0.39 is 18.1 Å². The number of thiazole rings is 1. The average molecular weight is 1100 g/mol. The van der Waals surface area contributed by atoms with Gasteiger partial charge in [0.05, 0.1) is 45.5 Å². The lowest BCUT2D eigenvalue weighted by Crippen LogP contribution is -2.54. The van der Waals surface area contributed by atoms with Crippen molar-refractivity contribution in [2.24, 2.45) is 5.92 Å². The number of nitrogens with zero attached hydrogens (tertiary/aromatic N) is 9. The molecule has 0 radical (unpaired) electrons. The van der Waals surface area contributed by atoms with Gasteiger partial charge in [-0.05, 0) is 90.5 Å². The van der Waals surface area contributed by atoms with Gasteiger partial charge in [-0.1, -0.05) is 50.2 Å². The molecule has 11 rings (SSSR count). The summed E-state index contributed by atoms with van der Waals surface area (Å²) in [7, 11) is 1.59. The number of pyridine rings is 2. The molecule has 1 aliphatic carbocycles. The van der Waals surface area contributed by atoms with E-state index >= 15 is 0 Å². The summed E-state index contributed by atoms with van der Waals surface area (Å²) in [6, 6.07) is 26.9. The van der Waals surface area contributed by atoms with Crippen LogP contribution in [0.25, 0.3) is 27.8 Å². The Hall–Kier alpha value is -8.14. The zero-order chi connectivity index (χ0) is 55.3. The van der Waals surface area contributed by atoms with Gasteiger partial charge in [-0.15, -0.1) is 21.5 Å². The summed E-state index contributed by atoms with van der Waals surface area (Å²) in [5.41, 5.74) is 15.4. The number of aryl methyl sites for hydroxylation is 1. The molecule has 21 heteroatoms. The van der Waals surface area contributed by atoms with Crippen molar-refractivity contribution in [3.8, 4) is 45.0 Å². The molecule has 1 saturated carbocycles. The first-order valence-corrected chi connectivity index (χ1v) is 28.0. The number of nitrogen functional groups attached to an aromatic ring is 1. The number of hydrogen-bond acceptors (Lipinski definition) is 19. The summed E-state index contributed by atoms with van der Waals surface area (Å²) >= 11 is 1.58. The molecule has 416 valence electrons. The molecule has 2 aromatic carbocycles. The number of aromatic nitrogens is 6. The van der Waals surface area contributed by atoms with E-state index in [4.69, 9.17) is 33.9 Å². The molecule has 0 spiro atoms. The minimum Gasteiger partial charge on any atom is -0.489 e. The molecule has 5 aromatic heterocycles. The van der Waals surface area contributed by atoms with E-state index in [1.54, 1.807) is 30.7 Å². The Morgan fingerprint density at radius 3 is 2.45 bits per heavy atom. The second-order valence-electron chi connectivity index (χ2n) is 21.0. The number of aliphatic hydroxyl groups is 1. The zero-order valence-corrected chi connectivity index (χ0v) is 45.9. The summed E-state index contributed by atoms with van der Waals surface area (Å²) in [5, 5.41) is 26.5. The van der Waals surface area contributed by atoms with Gasteiger partial charge in [-0.3, -0.25) is 14.6 Å². The maximum atomic E-state index is 14.1. The number of rotatable bonds is 21. The highest BCUT2D eigenvalue weighted by Gasteiger charge is 2.44. The number of piperazine rings is 1. The van der Waals surface area contributed by atoms with E-state index in [1.807, 2.05) is 111 Å². The molecule has 4 aliphatic rings. The fourth-order valence-electron chi connectivity index (χ4n) is 11.1. The molecule has 8 heterocycles. The molecule has 2 bridgehead atoms. The van der Waals surface area contributed by atoms with E-state index in [9.17, 15) is 14.7 Å². The van der Waals surface area contributed by atoms with E-state index in [0.717, 1.165) is 77.4 Å². The largest absolute Gasteiger partial charge is 0.489 e. The molecule has 2 unspecified atom stereocenters. The van der Waals surface area contributed by atoms with Crippen LogP contribution in [0.2, 0.25) is 0 Å². The second kappa shape index (κ2) is 24.1. The van der Waals surface area contributed by atoms with Crippen LogP contribution in [0.5, 0.6) is 23.3 Å². The van der Waals surface area contributed by atoms with Crippen molar-refractivity contribution < 1.29 is 42.9 Å². The Balaban J connectivity index is 0.619. The number of anilines is 3. The molecule has 7 aromatic rings. The van der Waals surface area contributed by atoms with Crippen molar-refractivity contribution in [1.82, 2.24) is 40.5 Å². The second-order valence-corrected chi connectivity index (χ2v) is 21.9. The number of para-hydroxylation sites is 1. The van der Waals surface area contributed by atoms with Gasteiger partial charge in [0.1, 0.15) is 42.3 Å². The number of β-amino-alcohol motifs (C(OH)–C–C–N with tert-alkyl or cyclic N) is 1. The lowest BCUT2D eigenvalue weighted by molar-refractivity contribution is -0.141. The number of carbonyl (C=O) groups is 2. The van der Waals surface area contributed by atoms with Crippen LogP contribution >= 0.6 is 11.3 Å². The van der Waals surface area contributed by atoms with Crippen molar-refractivity contribution in [3.63, 3.8) is 0 Å². The maximum Gasteiger partial charge on any atom is 0.254 e. The number of benzene rings is 2. The van der Waals surface area contributed by atoms with Gasteiger partial charge in [0.2, 0.25) is 17.7 Å². The van der Waals surface area contributed by atoms with Gasteiger partial charge in [-0.2, -0.15) is 0 Å². The van der Waals surface area contributed by atoms with Gasteiger partial charge in [-0.25, -0.2) is 9.97 Å². The molecule has 20 nitrogen and oxygen atoms in total. The average Bonchev–Trinajstić information content (AvgIpc) is 4.31. The third-order valence-corrected chi connectivity index (χ3v) is 16.2. The Kier molecular flexibility index (Phi) is 16.2. The van der Waals surface area contributed by atoms with E-state index in [0.29, 0.717) is 40.3 Å². The van der Waals surface area contributed by atoms with Gasteiger partial charge in [0, 0.05) is 94.2 Å². The summed E-state index contributed by atoms with van der Waals surface area (Å²) in [6.07, 6.45) is 10.0. The predicted octanol–water partition coefficient (Wildman–Crippen LogP) is 7.87. The topological polar surface area (TPSA) is 239 Å². The first-order valence-electron chi connectivity index (χ1n) is 27.1. The summed E-state index contributed by atoms with van der Waals surface area (Å²) in [6.45, 7) is 7.97. The number of carbonyl (C=O) groups excluding carboxylic acids is 2. The van der Waals surface area contributed by atoms with Crippen LogP contribution < -0.4 is 39.8 Å². The number of methoxy groups -OCH3 is 1. The lowest BCUT2D eigenvalue weighted by atomic mass is 9.91. The van der Waals surface area contributed by atoms with Crippen LogP contribution in [-0.2, 0) is 20.9 Å². The number of hydrogen-bond donors (Lipinski definition) is 3. The fourth-order valence-corrected chi connectivity index (χ4v) is 12.0. The third kappa shape index (κ3) is 12.0. The molecule has 4 fully saturated rings. The molecular formula is C59H65N11O9S. The first-order chi connectivity index (χ1) is 38.9. The van der Waals surface area contributed by atoms with Crippen LogP contribution in [0.1, 0.15) is 74.6 Å². The van der Waals surface area contributed by atoms with Crippen LogP contribution in [0.15, 0.2) is 113 Å². The molecule has 4 N–H and O–H groups in total. The summed E-state index contributed by atoms with van der Waals surface area (Å²) < 4.78 is 35.1. The molecule has 3 aliphatic heterocycles. The van der Waals surface area contributed by atoms with Crippen molar-refractivity contribution in [2.75, 3.05) is 55.7 Å². The van der Waals surface area contributed by atoms with Gasteiger partial charge in [0.15, 0.2) is 18.4 Å². The summed E-state index contributed by atoms with van der Waals surface area (Å²) in [5.74, 6) is 1.26. The Bertz CT molecular complexity index is 3280. The normalized spacial score (nSPS) is 20.9. The van der Waals surface area contributed by atoms with Crippen LogP contribution in [0, 0.1) is 12.8 Å². The smallest absolute Gasteiger partial charge is 0.254 e. The SMILES string of the molecule is COCOc1ccccc1-c1cc(N2CC3CC[C@H](C2)N3c2ccnc(OC3CC(Oc4ccc(/C=C/COc5cc(C(C(=O)N6C[C@H](O)C[C@H]6C(=O)NCc6ccc(-c7scnc7C)cc6)C(C)C)on5)nc4)C3)c2)c(N)nn1. The maximum absolute atomic E-state index is 14.1. The van der Waals surface area contributed by atoms with Crippen molar-refractivity contribution in [3.05, 3.63) is 132 Å². The first kappa shape index (κ1) is 53.8. The number of ether oxygens (including phenoxy) is 5. The molecule has 2 amide bonds. The van der Waals surface area contributed by atoms with Crippen molar-refractivity contribution in [1.29, 1.82) is 0 Å². The Morgan fingerprint density at radius 1 is 0.900 bits per heavy atom. The summed E-state index contributed by atoms with van der Waals surface area (Å²) in [4.78, 5) is 48.5. The zero-order valence-electron chi connectivity index (χ0n) is 45.1. The number of likely N-dealkylation sites (tertiary alicyclic amines) is 1. The van der Waals surface area contributed by atoms with Crippen molar-refractivity contribution >= 4 is 46.4 Å². The van der Waals surface area contributed by atoms with Crippen LogP contribution in [0.4, 0.5) is 17.2 Å². The highest BCUT2D eigenvalue weighted by atomic mass is 32.1. The van der Waals surface area contributed by atoms with Gasteiger partial charge >= 0.3 is 0 Å². The molecule has 5 atom stereocenters. The highest BCUT2D eigenvalue weighted by Crippen LogP contribution is 2.41. The quantitative estimate of drug-likeness (QED) is 0.0580. The number of fused-ring (bicyclic) bond motifs is 2. The number of aliphatic hydroxyl groups excluding tert-OH is 1. The molecule has 3 saturated heterocycles. The molecular weight excluding hydrogens is 1040 g/mol. The standard InChI is InChI=1S/C59H65N11O9S/c1-35(2)55(59(73)69-32-43(71)23-50(69)58(72)63-28-37-11-13-38(14-12-37)56-36(3)64-33-80-56)52-27-54(67-79-52)75-21-7-8-39-15-18-44(29-62-39)77-45-24-46(25-45)78-53-22-40(19-20-61-53)70-41-16-17-42(70)31-68(30-41)49-26-48(65-66-57(49)60)47-9-5-6-10-51(47)76-34-74-4/h5-15,18-20,22,26-27,29,33,35,41-43,45-46,50,55,71H,16-17,21,23-25,28,30-32,34H2,1-4H3,(H2,60,66)(H,63,72)/b8-7+/t41-,42?,43-,45?,46?,50+,55?/m1/s1. The fraction of sp³-hybridized carbons (Fsp3) is 0.390. The van der Waals surface area contributed by atoms with E-state index in [1.165, 1.54) is 4.90 Å². The van der Waals surface area contributed by atoms with E-state index in [2.05, 4.69) is 57.6 Å². The minimum absolute atomic E-state index is 0.00861. The van der Waals surface area contributed by atoms with Gasteiger partial charge < -0.3 is 59.1 Å². The monoisotopic (exact) mass is 1100 g/mol. The van der Waals surface area contributed by atoms with Crippen LogP contribution in [0.3, 0.4) is 0 Å². The third-order valence-electron chi connectivity index (χ3n) is 15.2. The predicted molar refractivity (Wildman–Crippen MR) is 301 cm³/mol. The Morgan fingerprint density at radius 2 is 1.70 bits per heavy atom. The Labute approximate surface area is 467 Å². The molecule has 80 heavy (non-hydrogen) atoms. The lowest BCUT2D eigenvalue weighted by Gasteiger charge is -2.43. The number of amides is 2. The van der Waals surface area contributed by atoms with Crippen molar-refractivity contribution in [2.45, 2.75) is 102 Å². The van der Waals surface area contributed by atoms with E-state index in [-0.39, 0.29) is 80.8 Å².